The highest BCUT2D eigenvalue weighted by Crippen LogP contribution is 2.35. The second-order valence-corrected chi connectivity index (χ2v) is 4.03. The van der Waals surface area contributed by atoms with E-state index >= 15 is 0 Å². The van der Waals surface area contributed by atoms with Crippen LogP contribution in [0.25, 0.3) is 0 Å². The Bertz CT molecular complexity index is 363. The molecular weight excluding hydrogens is 178 g/mol. The smallest absolute Gasteiger partial charge is 0.124 e. The first-order valence-corrected chi connectivity index (χ1v) is 4.88. The first kappa shape index (κ1) is 9.34. The average Bonchev–Trinajstić information content (AvgIpc) is 1.99. The van der Waals surface area contributed by atoms with Crippen molar-refractivity contribution in [2.24, 2.45) is 0 Å². The van der Waals surface area contributed by atoms with Gasteiger partial charge < -0.3 is 15.5 Å². The van der Waals surface area contributed by atoms with Crippen LogP contribution in [0.4, 0.5) is 0 Å². The fraction of sp³-hybridized carbons (Fsp3) is 0.455. The number of hydrogen-bond donors (Lipinski definition) is 3. The van der Waals surface area contributed by atoms with Crippen molar-refractivity contribution in [2.75, 3.05) is 0 Å². The summed E-state index contributed by atoms with van der Waals surface area (Å²) in [4.78, 5) is 0. The molecule has 1 aromatic rings. The third-order valence-electron chi connectivity index (χ3n) is 2.72. The lowest BCUT2D eigenvalue weighted by atomic mass is 9.90. The molecule has 0 spiro atoms. The molecule has 3 nitrogen and oxygen atoms in total. The van der Waals surface area contributed by atoms with Crippen molar-refractivity contribution in [1.29, 1.82) is 0 Å². The van der Waals surface area contributed by atoms with Gasteiger partial charge in [-0.25, -0.2) is 0 Å². The summed E-state index contributed by atoms with van der Waals surface area (Å²) in [7, 11) is 0. The van der Waals surface area contributed by atoms with Crippen LogP contribution in [0, 0.1) is 0 Å². The summed E-state index contributed by atoms with van der Waals surface area (Å²) in [6.07, 6.45) is 0.849. The van der Waals surface area contributed by atoms with Crippen LogP contribution in [0.5, 0.6) is 11.5 Å². The Morgan fingerprint density at radius 1 is 1.29 bits per heavy atom. The summed E-state index contributed by atoms with van der Waals surface area (Å²) in [5.41, 5.74) is 1.96. The zero-order valence-electron chi connectivity index (χ0n) is 8.41. The van der Waals surface area contributed by atoms with E-state index in [-0.39, 0.29) is 17.5 Å². The lowest BCUT2D eigenvalue weighted by Crippen LogP contribution is -2.35. The van der Waals surface area contributed by atoms with Crippen molar-refractivity contribution >= 4 is 0 Å². The minimum absolute atomic E-state index is 0.141. The second-order valence-electron chi connectivity index (χ2n) is 4.03. The Balaban J connectivity index is 2.53. The molecular formula is C11H15NO2. The van der Waals surface area contributed by atoms with E-state index in [1.807, 2.05) is 6.92 Å². The van der Waals surface area contributed by atoms with E-state index in [2.05, 4.69) is 12.2 Å². The molecule has 1 aliphatic heterocycles. The van der Waals surface area contributed by atoms with Gasteiger partial charge in [0, 0.05) is 23.7 Å². The van der Waals surface area contributed by atoms with Crippen molar-refractivity contribution in [3.63, 3.8) is 0 Å². The number of phenols is 2. The molecule has 0 saturated heterocycles. The molecule has 0 amide bonds. The standard InChI is InChI=1S/C11H15NO2/c1-6-3-8-4-9(13)5-10(14)11(8)7(2)12-6/h4-7,12-14H,3H2,1-2H3/t6-,7-/m0/s1. The first-order chi connectivity index (χ1) is 6.58. The van der Waals surface area contributed by atoms with Gasteiger partial charge in [-0.05, 0) is 31.9 Å². The Hall–Kier alpha value is -1.22. The van der Waals surface area contributed by atoms with Crippen LogP contribution in [0.3, 0.4) is 0 Å². The number of aromatic hydroxyl groups is 2. The summed E-state index contributed by atoms with van der Waals surface area (Å²) >= 11 is 0. The molecule has 1 aliphatic rings. The Morgan fingerprint density at radius 2 is 2.00 bits per heavy atom. The molecule has 0 aliphatic carbocycles. The third-order valence-corrected chi connectivity index (χ3v) is 2.72. The lowest BCUT2D eigenvalue weighted by molar-refractivity contribution is 0.401. The van der Waals surface area contributed by atoms with Gasteiger partial charge in [0.25, 0.3) is 0 Å². The topological polar surface area (TPSA) is 52.5 Å². The SMILES string of the molecule is C[C@@H]1N[C@@H](C)Cc2cc(O)cc(O)c21. The highest BCUT2D eigenvalue weighted by atomic mass is 16.3. The minimum atomic E-state index is 0.141. The molecule has 0 bridgehead atoms. The molecule has 0 radical (unpaired) electrons. The molecule has 1 heterocycles. The summed E-state index contributed by atoms with van der Waals surface area (Å²) in [6, 6.07) is 3.67. The predicted octanol–water partition coefficient (Wildman–Crippen LogP) is 1.69. The number of hydrogen-bond acceptors (Lipinski definition) is 3. The summed E-state index contributed by atoms with van der Waals surface area (Å²) in [5, 5.41) is 22.4. The van der Waals surface area contributed by atoms with E-state index in [9.17, 15) is 10.2 Å². The van der Waals surface area contributed by atoms with Crippen molar-refractivity contribution in [3.8, 4) is 11.5 Å². The zero-order valence-corrected chi connectivity index (χ0v) is 8.41. The van der Waals surface area contributed by atoms with Crippen LogP contribution >= 0.6 is 0 Å². The Kier molecular flexibility index (Phi) is 2.11. The summed E-state index contributed by atoms with van der Waals surface area (Å²) in [5.74, 6) is 0.328. The highest BCUT2D eigenvalue weighted by molar-refractivity contribution is 5.48. The number of benzene rings is 1. The van der Waals surface area contributed by atoms with Gasteiger partial charge in [-0.1, -0.05) is 0 Å². The molecule has 1 aromatic carbocycles. The van der Waals surface area contributed by atoms with Gasteiger partial charge in [0.05, 0.1) is 0 Å². The fourth-order valence-corrected chi connectivity index (χ4v) is 2.25. The lowest BCUT2D eigenvalue weighted by Gasteiger charge is -2.29. The van der Waals surface area contributed by atoms with E-state index < -0.39 is 0 Å². The predicted molar refractivity (Wildman–Crippen MR) is 54.5 cm³/mol. The van der Waals surface area contributed by atoms with Gasteiger partial charge in [-0.2, -0.15) is 0 Å². The summed E-state index contributed by atoms with van der Waals surface area (Å²) in [6.45, 7) is 4.12. The third kappa shape index (κ3) is 1.44. The number of phenolic OH excluding ortho intramolecular Hbond substituents is 2. The van der Waals surface area contributed by atoms with Crippen LogP contribution in [0.2, 0.25) is 0 Å². The maximum atomic E-state index is 9.69. The molecule has 0 unspecified atom stereocenters. The van der Waals surface area contributed by atoms with Crippen LogP contribution in [0.1, 0.15) is 31.0 Å². The van der Waals surface area contributed by atoms with Crippen molar-refractivity contribution in [1.82, 2.24) is 5.32 Å². The molecule has 3 heteroatoms. The van der Waals surface area contributed by atoms with Crippen LogP contribution < -0.4 is 5.32 Å². The van der Waals surface area contributed by atoms with E-state index in [4.69, 9.17) is 0 Å². The van der Waals surface area contributed by atoms with Crippen LogP contribution in [-0.4, -0.2) is 16.3 Å². The zero-order chi connectivity index (χ0) is 10.3. The first-order valence-electron chi connectivity index (χ1n) is 4.88. The molecule has 14 heavy (non-hydrogen) atoms. The van der Waals surface area contributed by atoms with Crippen molar-refractivity contribution < 1.29 is 10.2 Å². The maximum Gasteiger partial charge on any atom is 0.124 e. The van der Waals surface area contributed by atoms with E-state index in [0.717, 1.165) is 17.5 Å². The number of fused-ring (bicyclic) bond motifs is 1. The number of rotatable bonds is 0. The number of nitrogens with one attached hydrogen (secondary N) is 1. The normalized spacial score (nSPS) is 25.9. The molecule has 0 saturated carbocycles. The summed E-state index contributed by atoms with van der Waals surface area (Å²) < 4.78 is 0. The molecule has 76 valence electrons. The van der Waals surface area contributed by atoms with Gasteiger partial charge >= 0.3 is 0 Å². The van der Waals surface area contributed by atoms with Crippen molar-refractivity contribution in [2.45, 2.75) is 32.4 Å². The molecule has 2 atom stereocenters. The van der Waals surface area contributed by atoms with Crippen LogP contribution in [-0.2, 0) is 6.42 Å². The van der Waals surface area contributed by atoms with E-state index in [1.54, 1.807) is 6.07 Å². The second kappa shape index (κ2) is 3.17. The Labute approximate surface area is 83.4 Å². The average molecular weight is 193 g/mol. The maximum absolute atomic E-state index is 9.69. The quantitative estimate of drug-likeness (QED) is 0.587. The molecule has 0 aromatic heterocycles. The monoisotopic (exact) mass is 193 g/mol. The van der Waals surface area contributed by atoms with Gasteiger partial charge in [0.1, 0.15) is 11.5 Å². The Morgan fingerprint density at radius 3 is 2.71 bits per heavy atom. The molecule has 3 N–H and O–H groups in total. The minimum Gasteiger partial charge on any atom is -0.508 e. The van der Waals surface area contributed by atoms with Gasteiger partial charge in [-0.15, -0.1) is 0 Å². The van der Waals surface area contributed by atoms with Gasteiger partial charge in [0.2, 0.25) is 0 Å². The van der Waals surface area contributed by atoms with E-state index in [1.165, 1.54) is 6.07 Å². The van der Waals surface area contributed by atoms with Gasteiger partial charge in [0.15, 0.2) is 0 Å². The van der Waals surface area contributed by atoms with E-state index in [0.29, 0.717) is 6.04 Å². The molecule has 2 rings (SSSR count). The van der Waals surface area contributed by atoms with Crippen molar-refractivity contribution in [3.05, 3.63) is 23.3 Å². The largest absolute Gasteiger partial charge is 0.508 e. The van der Waals surface area contributed by atoms with Gasteiger partial charge in [-0.3, -0.25) is 0 Å². The van der Waals surface area contributed by atoms with Crippen LogP contribution in [0.15, 0.2) is 12.1 Å². The fourth-order valence-electron chi connectivity index (χ4n) is 2.25. The highest BCUT2D eigenvalue weighted by Gasteiger charge is 2.23. The molecule has 0 fully saturated rings.